The Labute approximate surface area is 182 Å². The van der Waals surface area contributed by atoms with Crippen molar-refractivity contribution in [3.8, 4) is 0 Å². The van der Waals surface area contributed by atoms with Gasteiger partial charge in [-0.2, -0.15) is 0 Å². The Balaban J connectivity index is 0.000000672. The zero-order chi connectivity index (χ0) is 22.5. The minimum absolute atomic E-state index is 0.101. The zero-order valence-electron chi connectivity index (χ0n) is 18.7. The van der Waals surface area contributed by atoms with Crippen LogP contribution >= 0.6 is 0 Å². The predicted octanol–water partition coefficient (Wildman–Crippen LogP) is 2.79. The van der Waals surface area contributed by atoms with Crippen LogP contribution in [0.5, 0.6) is 0 Å². The second-order valence-electron chi connectivity index (χ2n) is 6.95. The van der Waals surface area contributed by atoms with Crippen LogP contribution in [0.2, 0.25) is 0 Å². The number of aromatic nitrogens is 2. The molecule has 1 unspecified atom stereocenters. The summed E-state index contributed by atoms with van der Waals surface area (Å²) in [7, 11) is 9.44. The number of pyridine rings is 2. The van der Waals surface area contributed by atoms with E-state index in [0.717, 1.165) is 30.0 Å². The fourth-order valence-electron chi connectivity index (χ4n) is 2.98. The quantitative estimate of drug-likeness (QED) is 0.784. The number of rotatable bonds is 2. The summed E-state index contributed by atoms with van der Waals surface area (Å²) in [5.74, 6) is 4.59. The number of nitrogens with zero attached hydrogens (tertiary/aromatic N) is 4. The molecule has 2 radical (unpaired) electrons. The van der Waals surface area contributed by atoms with Crippen molar-refractivity contribution in [3.05, 3.63) is 47.8 Å². The molecular weight excluding hydrogens is 372 g/mol. The van der Waals surface area contributed by atoms with E-state index in [1.54, 1.807) is 20.0 Å². The van der Waals surface area contributed by atoms with Gasteiger partial charge in [-0.05, 0) is 44.0 Å². The molecule has 0 spiro atoms. The molecule has 2 aromatic heterocycles. The predicted molar refractivity (Wildman–Crippen MR) is 130 cm³/mol. The zero-order valence-corrected chi connectivity index (χ0v) is 18.7. The average molecular weight is 403 g/mol. The van der Waals surface area contributed by atoms with Gasteiger partial charge in [-0.25, -0.2) is 14.8 Å². The molecule has 6 nitrogen and oxygen atoms in total. The van der Waals surface area contributed by atoms with Crippen LogP contribution in [0, 0.1) is 13.8 Å². The van der Waals surface area contributed by atoms with Crippen LogP contribution in [0.1, 0.15) is 31.9 Å². The molecule has 2 amide bonds. The molecule has 0 aliphatic carbocycles. The molecule has 3 rings (SSSR count). The minimum atomic E-state index is -0.101. The van der Waals surface area contributed by atoms with Crippen molar-refractivity contribution in [2.75, 3.05) is 29.9 Å². The number of hydrogen-bond donors (Lipinski definition) is 1. The van der Waals surface area contributed by atoms with E-state index in [-0.39, 0.29) is 12.1 Å². The standard InChI is InChI=1S/C18H23N5O.2C2H4B/c1-13-6-7-16(20-11-13)21-18(24)23-10-9-22(12-15(23)3)17-14(2)5-4-8-19-17;2*1-2-3/h4-8,11,15H,9-10,12H2,1-3H3,(H,20,21,24);2*2H,1H3. The first-order valence-corrected chi connectivity index (χ1v) is 10.0. The first kappa shape index (κ1) is 25.3. The number of nitrogens with one attached hydrogen (secondary N) is 1. The van der Waals surface area contributed by atoms with Gasteiger partial charge >= 0.3 is 46.8 Å². The van der Waals surface area contributed by atoms with Gasteiger partial charge in [0.1, 0.15) is 11.6 Å². The maximum absolute atomic E-state index is 12.5. The Hall–Kier alpha value is -2.76. The number of urea groups is 1. The summed E-state index contributed by atoms with van der Waals surface area (Å²) in [6.07, 6.45) is 3.57. The van der Waals surface area contributed by atoms with Crippen LogP contribution in [-0.2, 0) is 0 Å². The normalized spacial score (nSPS) is 15.0. The maximum atomic E-state index is 12.5. The summed E-state index contributed by atoms with van der Waals surface area (Å²) in [5, 5.41) is 2.88. The van der Waals surface area contributed by atoms with E-state index in [2.05, 4.69) is 40.1 Å². The molecule has 0 aromatic carbocycles. The number of hydrogen-bond acceptors (Lipinski definition) is 4. The molecule has 2 aromatic rings. The van der Waals surface area contributed by atoms with Crippen LogP contribution in [0.25, 0.3) is 0 Å². The topological polar surface area (TPSA) is 61.4 Å². The molecule has 1 fully saturated rings. The van der Waals surface area contributed by atoms with Crippen LogP contribution in [0.3, 0.4) is 0 Å². The summed E-state index contributed by atoms with van der Waals surface area (Å²) in [6, 6.07) is 7.77. The Kier molecular flexibility index (Phi) is 11.3. The van der Waals surface area contributed by atoms with Gasteiger partial charge in [-0.3, -0.25) is 5.32 Å². The van der Waals surface area contributed by atoms with Crippen molar-refractivity contribution in [2.45, 2.75) is 40.7 Å². The van der Waals surface area contributed by atoms with Gasteiger partial charge in [-0.1, -0.05) is 12.1 Å². The number of amides is 2. The van der Waals surface area contributed by atoms with E-state index in [9.17, 15) is 4.79 Å². The van der Waals surface area contributed by atoms with Gasteiger partial charge in [0, 0.05) is 38.1 Å². The van der Waals surface area contributed by atoms with Gasteiger partial charge in [0.15, 0.2) is 0 Å². The fourth-order valence-corrected chi connectivity index (χ4v) is 2.98. The van der Waals surface area contributed by atoms with Gasteiger partial charge in [0.2, 0.25) is 0 Å². The van der Waals surface area contributed by atoms with Crippen LogP contribution in [0.15, 0.2) is 36.7 Å². The summed E-state index contributed by atoms with van der Waals surface area (Å²) in [5.41, 5.74) is 2.23. The molecule has 1 aliphatic rings. The number of carbonyl (C=O) groups is 1. The molecule has 0 saturated carbocycles. The van der Waals surface area contributed by atoms with E-state index in [4.69, 9.17) is 15.0 Å². The second-order valence-corrected chi connectivity index (χ2v) is 6.95. The Morgan fingerprint density at radius 1 is 1.13 bits per heavy atom. The number of aryl methyl sites for hydroxylation is 2. The van der Waals surface area contributed by atoms with E-state index >= 15 is 0 Å². The number of anilines is 2. The molecule has 1 saturated heterocycles. The second kappa shape index (κ2) is 13.5. The van der Waals surface area contributed by atoms with Crippen molar-refractivity contribution >= 4 is 44.6 Å². The van der Waals surface area contributed by atoms with Crippen molar-refractivity contribution < 1.29 is 4.79 Å². The van der Waals surface area contributed by atoms with Crippen LogP contribution < -0.4 is 10.2 Å². The molecule has 1 aliphatic heterocycles. The third-order valence-corrected chi connectivity index (χ3v) is 4.32. The molecule has 0 bridgehead atoms. The first-order chi connectivity index (χ1) is 14.4. The molecule has 156 valence electrons. The Morgan fingerprint density at radius 3 is 2.33 bits per heavy atom. The van der Waals surface area contributed by atoms with E-state index in [0.29, 0.717) is 12.4 Å². The summed E-state index contributed by atoms with van der Waals surface area (Å²) in [6.45, 7) is 11.9. The van der Waals surface area contributed by atoms with E-state index in [1.807, 2.05) is 36.2 Å². The van der Waals surface area contributed by atoms with Gasteiger partial charge in [0.05, 0.1) is 0 Å². The summed E-state index contributed by atoms with van der Waals surface area (Å²) >= 11 is 0. The Bertz CT molecular complexity index is 807. The van der Waals surface area contributed by atoms with Crippen LogP contribution in [-0.4, -0.2) is 73.5 Å². The van der Waals surface area contributed by atoms with Gasteiger partial charge in [0.25, 0.3) is 0 Å². The summed E-state index contributed by atoms with van der Waals surface area (Å²) < 4.78 is 0. The number of carbonyl (C=O) groups excluding carboxylic acids is 1. The average Bonchev–Trinajstić information content (AvgIpc) is 2.71. The molecule has 1 atom stereocenters. The number of piperazine rings is 1. The third-order valence-electron chi connectivity index (χ3n) is 4.32. The van der Waals surface area contributed by atoms with Crippen molar-refractivity contribution in [1.29, 1.82) is 0 Å². The van der Waals surface area contributed by atoms with E-state index < -0.39 is 0 Å². The van der Waals surface area contributed by atoms with Crippen molar-refractivity contribution in [2.24, 2.45) is 0 Å². The molecular formula is C22H31B2N5O. The van der Waals surface area contributed by atoms with Crippen molar-refractivity contribution in [3.63, 3.8) is 0 Å². The van der Waals surface area contributed by atoms with Crippen LogP contribution in [0.4, 0.5) is 16.4 Å². The van der Waals surface area contributed by atoms with E-state index in [1.165, 1.54) is 11.9 Å². The molecule has 3 heterocycles. The molecule has 30 heavy (non-hydrogen) atoms. The SMILES string of the molecule is Cc1ccc(NC(=O)N2CCN(c3ncccc3C)CC2C)nc1.[B]=CC.[B]=CC. The first-order valence-electron chi connectivity index (χ1n) is 10.0. The third kappa shape index (κ3) is 7.93. The Morgan fingerprint density at radius 2 is 1.80 bits per heavy atom. The van der Waals surface area contributed by atoms with Crippen molar-refractivity contribution in [1.82, 2.24) is 14.9 Å². The van der Waals surface area contributed by atoms with Gasteiger partial charge < -0.3 is 9.80 Å². The summed E-state index contributed by atoms with van der Waals surface area (Å²) in [4.78, 5) is 25.3. The monoisotopic (exact) mass is 403 g/mol. The molecule has 1 N–H and O–H groups in total. The van der Waals surface area contributed by atoms with Gasteiger partial charge in [-0.15, -0.1) is 0 Å². The molecule has 8 heteroatoms. The fraction of sp³-hybridized carbons (Fsp3) is 0.409.